The first-order chi connectivity index (χ1) is 11.3. The van der Waals surface area contributed by atoms with Crippen molar-refractivity contribution in [3.63, 3.8) is 0 Å². The Balaban J connectivity index is 2.47. The highest BCUT2D eigenvalue weighted by Crippen LogP contribution is 2.15. The third-order valence-corrected chi connectivity index (χ3v) is 3.37. The zero-order valence-electron chi connectivity index (χ0n) is 14.6. The normalized spacial score (nSPS) is 12.5. The molecular weight excluding hydrogens is 317 g/mol. The number of benzene rings is 1. The van der Waals surface area contributed by atoms with Crippen LogP contribution in [0.5, 0.6) is 0 Å². The minimum Gasteiger partial charge on any atom is -0.357 e. The molecule has 0 saturated heterocycles. The van der Waals surface area contributed by atoms with E-state index in [1.54, 1.807) is 0 Å². The second-order valence-corrected chi connectivity index (χ2v) is 5.78. The quantitative estimate of drug-likeness (QED) is 0.447. The van der Waals surface area contributed by atoms with E-state index in [1.165, 1.54) is 17.5 Å². The van der Waals surface area contributed by atoms with Gasteiger partial charge in [-0.1, -0.05) is 30.3 Å². The van der Waals surface area contributed by atoms with E-state index in [-0.39, 0.29) is 0 Å². The fourth-order valence-electron chi connectivity index (χ4n) is 2.31. The number of alkyl halides is 3. The lowest BCUT2D eigenvalue weighted by Crippen LogP contribution is -2.38. The molecule has 0 heterocycles. The van der Waals surface area contributed by atoms with Crippen molar-refractivity contribution in [2.45, 2.75) is 26.1 Å². The smallest absolute Gasteiger partial charge is 0.357 e. The van der Waals surface area contributed by atoms with Gasteiger partial charge >= 0.3 is 6.18 Å². The molecule has 0 radical (unpaired) electrons. The highest BCUT2D eigenvalue weighted by molar-refractivity contribution is 5.79. The predicted molar refractivity (Wildman–Crippen MR) is 92.1 cm³/mol. The molecule has 0 aliphatic rings. The van der Waals surface area contributed by atoms with Gasteiger partial charge in [-0.15, -0.1) is 0 Å². The monoisotopic (exact) mass is 344 g/mol. The van der Waals surface area contributed by atoms with Gasteiger partial charge in [0.1, 0.15) is 0 Å². The molecule has 7 heteroatoms. The summed E-state index contributed by atoms with van der Waals surface area (Å²) in [7, 11) is 3.42. The van der Waals surface area contributed by atoms with Crippen LogP contribution in [0.4, 0.5) is 13.2 Å². The van der Waals surface area contributed by atoms with Crippen LogP contribution < -0.4 is 5.32 Å². The molecule has 1 aromatic carbocycles. The first kappa shape index (κ1) is 20.3. The molecule has 0 amide bonds. The van der Waals surface area contributed by atoms with E-state index in [4.69, 9.17) is 0 Å². The summed E-state index contributed by atoms with van der Waals surface area (Å²) in [5, 5.41) is 3.21. The van der Waals surface area contributed by atoms with Crippen molar-refractivity contribution in [1.29, 1.82) is 0 Å². The number of hydrogen-bond acceptors (Lipinski definition) is 2. The summed E-state index contributed by atoms with van der Waals surface area (Å²) in [6.45, 7) is 3.43. The van der Waals surface area contributed by atoms with E-state index < -0.39 is 12.7 Å². The van der Waals surface area contributed by atoms with Crippen molar-refractivity contribution < 1.29 is 13.2 Å². The van der Waals surface area contributed by atoms with E-state index in [0.29, 0.717) is 19.5 Å². The lowest BCUT2D eigenvalue weighted by atomic mass is 10.2. The second kappa shape index (κ2) is 10.2. The minimum absolute atomic E-state index is 0.366. The standard InChI is InChI=1S/C17H27F3N4/c1-4-21-16(24(3)13-15-9-6-5-7-10-15)22-11-8-12-23(2)14-17(18,19)20/h5-7,9-10H,4,8,11-14H2,1-3H3,(H,21,22). The molecular formula is C17H27F3N4. The van der Waals surface area contributed by atoms with Gasteiger partial charge < -0.3 is 10.2 Å². The molecule has 1 N–H and O–H groups in total. The Morgan fingerprint density at radius 1 is 1.17 bits per heavy atom. The minimum atomic E-state index is -4.15. The van der Waals surface area contributed by atoms with Crippen LogP contribution >= 0.6 is 0 Å². The van der Waals surface area contributed by atoms with E-state index in [0.717, 1.165) is 19.0 Å². The van der Waals surface area contributed by atoms with Gasteiger partial charge in [-0.3, -0.25) is 9.89 Å². The average molecular weight is 344 g/mol. The van der Waals surface area contributed by atoms with Crippen LogP contribution in [0.25, 0.3) is 0 Å². The van der Waals surface area contributed by atoms with Gasteiger partial charge in [0.25, 0.3) is 0 Å². The SMILES string of the molecule is CCNC(=NCCCN(C)CC(F)(F)F)N(C)Cc1ccccc1. The molecule has 0 atom stereocenters. The van der Waals surface area contributed by atoms with E-state index in [1.807, 2.05) is 49.2 Å². The molecule has 0 aromatic heterocycles. The van der Waals surface area contributed by atoms with Crippen LogP contribution in [-0.4, -0.2) is 62.2 Å². The van der Waals surface area contributed by atoms with Crippen LogP contribution in [-0.2, 0) is 6.54 Å². The number of guanidine groups is 1. The summed E-state index contributed by atoms with van der Waals surface area (Å²) in [5.74, 6) is 0.764. The average Bonchev–Trinajstić information content (AvgIpc) is 2.49. The molecule has 24 heavy (non-hydrogen) atoms. The van der Waals surface area contributed by atoms with Crippen LogP contribution in [0.1, 0.15) is 18.9 Å². The molecule has 136 valence electrons. The van der Waals surface area contributed by atoms with E-state index in [2.05, 4.69) is 10.3 Å². The highest BCUT2D eigenvalue weighted by atomic mass is 19.4. The van der Waals surface area contributed by atoms with Gasteiger partial charge in [-0.2, -0.15) is 13.2 Å². The lowest BCUT2D eigenvalue weighted by Gasteiger charge is -2.22. The number of nitrogens with zero attached hydrogens (tertiary/aromatic N) is 3. The number of hydrogen-bond donors (Lipinski definition) is 1. The summed E-state index contributed by atoms with van der Waals surface area (Å²) in [6.07, 6.45) is -3.57. The fraction of sp³-hybridized carbons (Fsp3) is 0.588. The zero-order valence-corrected chi connectivity index (χ0v) is 14.6. The summed E-state index contributed by atoms with van der Waals surface area (Å²) < 4.78 is 36.8. The van der Waals surface area contributed by atoms with Crippen LogP contribution in [0, 0.1) is 0 Å². The van der Waals surface area contributed by atoms with Crippen molar-refractivity contribution in [2.75, 3.05) is 40.3 Å². The van der Waals surface area contributed by atoms with Gasteiger partial charge in [0, 0.05) is 26.7 Å². The van der Waals surface area contributed by atoms with Gasteiger partial charge in [-0.05, 0) is 32.5 Å². The van der Waals surface area contributed by atoms with E-state index in [9.17, 15) is 13.2 Å². The molecule has 0 aliphatic carbocycles. The van der Waals surface area contributed by atoms with Gasteiger partial charge in [0.05, 0.1) is 6.54 Å². The van der Waals surface area contributed by atoms with Crippen LogP contribution in [0.15, 0.2) is 35.3 Å². The number of rotatable bonds is 8. The Morgan fingerprint density at radius 2 is 1.83 bits per heavy atom. The molecule has 0 bridgehead atoms. The Labute approximate surface area is 142 Å². The Bertz CT molecular complexity index is 488. The third-order valence-electron chi connectivity index (χ3n) is 3.37. The Kier molecular flexibility index (Phi) is 8.60. The topological polar surface area (TPSA) is 30.9 Å². The predicted octanol–water partition coefficient (Wildman–Crippen LogP) is 2.97. The summed E-state index contributed by atoms with van der Waals surface area (Å²) >= 11 is 0. The maximum Gasteiger partial charge on any atom is 0.401 e. The van der Waals surface area contributed by atoms with Gasteiger partial charge in [0.2, 0.25) is 0 Å². The van der Waals surface area contributed by atoms with E-state index >= 15 is 0 Å². The molecule has 0 fully saturated rings. The molecule has 0 aliphatic heterocycles. The maximum atomic E-state index is 12.3. The summed E-state index contributed by atoms with van der Waals surface area (Å²) in [5.41, 5.74) is 1.18. The third kappa shape index (κ3) is 8.76. The summed E-state index contributed by atoms with van der Waals surface area (Å²) in [6, 6.07) is 10.0. The molecule has 1 aromatic rings. The molecule has 1 rings (SSSR count). The molecule has 4 nitrogen and oxygen atoms in total. The fourth-order valence-corrected chi connectivity index (χ4v) is 2.31. The molecule has 0 unspecified atom stereocenters. The van der Waals surface area contributed by atoms with Crippen molar-refractivity contribution in [1.82, 2.24) is 15.1 Å². The van der Waals surface area contributed by atoms with Crippen LogP contribution in [0.2, 0.25) is 0 Å². The van der Waals surface area contributed by atoms with Crippen molar-refractivity contribution in [3.05, 3.63) is 35.9 Å². The Hall–Kier alpha value is -1.76. The Morgan fingerprint density at radius 3 is 2.42 bits per heavy atom. The van der Waals surface area contributed by atoms with Crippen LogP contribution in [0.3, 0.4) is 0 Å². The maximum absolute atomic E-state index is 12.3. The molecule has 0 saturated carbocycles. The first-order valence-corrected chi connectivity index (χ1v) is 8.10. The largest absolute Gasteiger partial charge is 0.401 e. The molecule has 0 spiro atoms. The second-order valence-electron chi connectivity index (χ2n) is 5.78. The number of aliphatic imine (C=N–C) groups is 1. The van der Waals surface area contributed by atoms with Gasteiger partial charge in [-0.25, -0.2) is 0 Å². The number of halogens is 3. The van der Waals surface area contributed by atoms with Gasteiger partial charge in [0.15, 0.2) is 5.96 Å². The van der Waals surface area contributed by atoms with Crippen molar-refractivity contribution in [2.24, 2.45) is 4.99 Å². The highest BCUT2D eigenvalue weighted by Gasteiger charge is 2.28. The lowest BCUT2D eigenvalue weighted by molar-refractivity contribution is -0.143. The summed E-state index contributed by atoms with van der Waals surface area (Å²) in [4.78, 5) is 7.79. The zero-order chi connectivity index (χ0) is 18.0. The first-order valence-electron chi connectivity index (χ1n) is 8.10. The van der Waals surface area contributed by atoms with Crippen molar-refractivity contribution in [3.8, 4) is 0 Å². The van der Waals surface area contributed by atoms with Crippen molar-refractivity contribution >= 4 is 5.96 Å². The number of nitrogens with one attached hydrogen (secondary N) is 1.